The number of ether oxygens (including phenoxy) is 2. The fraction of sp³-hybridized carbons (Fsp3) is 0.270. The quantitative estimate of drug-likeness (QED) is 0.0698. The second kappa shape index (κ2) is 16.2. The van der Waals surface area contributed by atoms with Gasteiger partial charge in [0, 0.05) is 42.9 Å². The number of hydrogen-bond donors (Lipinski definition) is 1. The molecule has 0 saturated heterocycles. The van der Waals surface area contributed by atoms with Gasteiger partial charge in [-0.15, -0.1) is 0 Å². The van der Waals surface area contributed by atoms with Gasteiger partial charge in [-0.05, 0) is 34.3 Å². The van der Waals surface area contributed by atoms with Crippen LogP contribution in [0.2, 0.25) is 5.02 Å². The Morgan fingerprint density at radius 1 is 1.13 bits per heavy atom. The zero-order valence-corrected chi connectivity index (χ0v) is 30.9. The lowest BCUT2D eigenvalue weighted by atomic mass is 10.0. The van der Waals surface area contributed by atoms with Crippen molar-refractivity contribution >= 4 is 52.9 Å². The van der Waals surface area contributed by atoms with Crippen molar-refractivity contribution in [2.45, 2.75) is 25.9 Å². The lowest BCUT2D eigenvalue weighted by Gasteiger charge is -2.36. The molecule has 0 bridgehead atoms. The number of aliphatic imine (C=N–C) groups is 1. The highest BCUT2D eigenvalue weighted by Crippen LogP contribution is 2.42. The Morgan fingerprint density at radius 2 is 1.94 bits per heavy atom. The monoisotopic (exact) mass is 753 g/mol. The van der Waals surface area contributed by atoms with Crippen molar-refractivity contribution in [3.63, 3.8) is 0 Å². The lowest BCUT2D eigenvalue weighted by Crippen LogP contribution is -2.47. The van der Waals surface area contributed by atoms with E-state index in [0.29, 0.717) is 64.0 Å². The SMILES string of the molecule is COc1cc(OC)c(Cl)c(N2Cc3cnc(Nc4ccncn4)nc3N(Cc3cccc(CC(=O)/C=C/C[N+](C)(C)CC4=C([N+](=O)[O-])N=CC4)c3)C2=O)c1. The number of benzene rings is 2. The number of likely N-dealkylation sites (N-methyl/N-ethyl adjacent to an activating group) is 1. The summed E-state index contributed by atoms with van der Waals surface area (Å²) in [7, 11) is 6.89. The van der Waals surface area contributed by atoms with Crippen molar-refractivity contribution in [2.75, 3.05) is 56.5 Å². The Labute approximate surface area is 316 Å². The molecule has 2 aromatic carbocycles. The number of nitrogens with zero attached hydrogens (tertiary/aromatic N) is 9. The average Bonchev–Trinajstić information content (AvgIpc) is 3.61. The molecule has 17 heteroatoms. The number of quaternary nitrogens is 1. The van der Waals surface area contributed by atoms with Gasteiger partial charge in [0.1, 0.15) is 47.2 Å². The van der Waals surface area contributed by atoms with Crippen molar-refractivity contribution in [1.29, 1.82) is 0 Å². The van der Waals surface area contributed by atoms with Crippen molar-refractivity contribution < 1.29 is 28.5 Å². The van der Waals surface area contributed by atoms with E-state index in [-0.39, 0.29) is 42.1 Å². The minimum Gasteiger partial charge on any atom is -0.497 e. The Balaban J connectivity index is 1.23. The molecule has 0 radical (unpaired) electrons. The van der Waals surface area contributed by atoms with Crippen LogP contribution in [0, 0.1) is 10.1 Å². The molecule has 2 amide bonds. The van der Waals surface area contributed by atoms with Crippen LogP contribution in [0.1, 0.15) is 23.1 Å². The van der Waals surface area contributed by atoms with Crippen LogP contribution in [-0.2, 0) is 24.3 Å². The van der Waals surface area contributed by atoms with Crippen LogP contribution in [0.15, 0.2) is 89.7 Å². The zero-order chi connectivity index (χ0) is 38.4. The van der Waals surface area contributed by atoms with Gasteiger partial charge in [0.25, 0.3) is 0 Å². The summed E-state index contributed by atoms with van der Waals surface area (Å²) in [4.78, 5) is 62.6. The summed E-state index contributed by atoms with van der Waals surface area (Å²) in [5, 5.41) is 14.6. The molecule has 16 nitrogen and oxygen atoms in total. The van der Waals surface area contributed by atoms with Gasteiger partial charge in [-0.1, -0.05) is 40.9 Å². The summed E-state index contributed by atoms with van der Waals surface area (Å²) < 4.78 is 11.4. The number of allylic oxidation sites excluding steroid dienone is 1. The maximum absolute atomic E-state index is 14.4. The summed E-state index contributed by atoms with van der Waals surface area (Å²) >= 11 is 6.76. The highest BCUT2D eigenvalue weighted by Gasteiger charge is 2.35. The first-order valence-corrected chi connectivity index (χ1v) is 17.2. The summed E-state index contributed by atoms with van der Waals surface area (Å²) in [6.45, 7) is 1.16. The van der Waals surface area contributed by atoms with Crippen LogP contribution >= 0.6 is 11.6 Å². The number of amides is 2. The topological polar surface area (TPSA) is 178 Å². The molecule has 0 spiro atoms. The smallest absolute Gasteiger partial charge is 0.368 e. The summed E-state index contributed by atoms with van der Waals surface area (Å²) in [6, 6.07) is 12.0. The second-order valence-electron chi connectivity index (χ2n) is 13.2. The number of hydrogen-bond acceptors (Lipinski definition) is 12. The van der Waals surface area contributed by atoms with Crippen molar-refractivity contribution in [1.82, 2.24) is 19.9 Å². The minimum atomic E-state index is -0.458. The maximum Gasteiger partial charge on any atom is 0.368 e. The van der Waals surface area contributed by atoms with Gasteiger partial charge in [-0.2, -0.15) is 4.98 Å². The van der Waals surface area contributed by atoms with E-state index < -0.39 is 11.0 Å². The highest BCUT2D eigenvalue weighted by atomic mass is 35.5. The molecule has 4 heterocycles. The highest BCUT2D eigenvalue weighted by molar-refractivity contribution is 6.35. The number of ketones is 1. The van der Waals surface area contributed by atoms with E-state index in [4.69, 9.17) is 26.1 Å². The number of aromatic nitrogens is 4. The number of urea groups is 1. The van der Waals surface area contributed by atoms with Gasteiger partial charge in [0.2, 0.25) is 5.95 Å². The number of halogens is 1. The summed E-state index contributed by atoms with van der Waals surface area (Å²) in [5.41, 5.74) is 3.22. The molecule has 2 aliphatic rings. The number of rotatable bonds is 15. The number of carbonyl (C=O) groups excluding carboxylic acids is 2. The predicted octanol–water partition coefficient (Wildman–Crippen LogP) is 5.53. The molecular weight excluding hydrogens is 716 g/mol. The third-order valence-electron chi connectivity index (χ3n) is 8.72. The van der Waals surface area contributed by atoms with E-state index in [1.165, 1.54) is 36.4 Å². The molecule has 2 aliphatic heterocycles. The maximum atomic E-state index is 14.4. The molecule has 0 aliphatic carbocycles. The first kappa shape index (κ1) is 37.5. The number of nitrogens with one attached hydrogen (secondary N) is 1. The fourth-order valence-electron chi connectivity index (χ4n) is 6.18. The van der Waals surface area contributed by atoms with Crippen molar-refractivity contribution in [3.8, 4) is 11.5 Å². The normalized spacial score (nSPS) is 14.1. The summed E-state index contributed by atoms with van der Waals surface area (Å²) in [6.07, 6.45) is 10.1. The third-order valence-corrected chi connectivity index (χ3v) is 9.10. The van der Waals surface area contributed by atoms with Crippen LogP contribution in [-0.4, -0.2) is 88.8 Å². The molecule has 4 aromatic rings. The van der Waals surface area contributed by atoms with Crippen LogP contribution in [0.25, 0.3) is 0 Å². The average molecular weight is 754 g/mol. The number of carbonyl (C=O) groups is 2. The molecule has 1 N–H and O–H groups in total. The van der Waals surface area contributed by atoms with Crippen molar-refractivity contribution in [2.24, 2.45) is 4.99 Å². The molecule has 0 saturated carbocycles. The molecule has 54 heavy (non-hydrogen) atoms. The Kier molecular flexibility index (Phi) is 11.2. The van der Waals surface area contributed by atoms with Gasteiger partial charge in [0.15, 0.2) is 5.78 Å². The number of fused-ring (bicyclic) bond motifs is 1. The van der Waals surface area contributed by atoms with Crippen LogP contribution < -0.4 is 24.6 Å². The molecular formula is C37H38ClN10O6+. The van der Waals surface area contributed by atoms with Crippen LogP contribution in [0.4, 0.5) is 28.1 Å². The van der Waals surface area contributed by atoms with Gasteiger partial charge < -0.3 is 29.4 Å². The van der Waals surface area contributed by atoms with Gasteiger partial charge in [0.05, 0.1) is 59.2 Å². The molecule has 278 valence electrons. The largest absolute Gasteiger partial charge is 0.497 e. The van der Waals surface area contributed by atoms with E-state index in [1.807, 2.05) is 38.4 Å². The van der Waals surface area contributed by atoms with Crippen molar-refractivity contribution in [3.05, 3.63) is 117 Å². The minimum absolute atomic E-state index is 0.0975. The Bertz CT molecular complexity index is 2180. The molecule has 0 unspecified atom stereocenters. The van der Waals surface area contributed by atoms with Gasteiger partial charge >= 0.3 is 11.9 Å². The predicted molar refractivity (Wildman–Crippen MR) is 203 cm³/mol. The molecule has 0 fully saturated rings. The van der Waals surface area contributed by atoms with Crippen LogP contribution in [0.3, 0.4) is 0 Å². The fourth-order valence-corrected chi connectivity index (χ4v) is 6.46. The number of methoxy groups -OCH3 is 2. The molecule has 2 aromatic heterocycles. The molecule has 6 rings (SSSR count). The van der Waals surface area contributed by atoms with E-state index >= 15 is 0 Å². The Morgan fingerprint density at radius 3 is 2.69 bits per heavy atom. The van der Waals surface area contributed by atoms with E-state index in [0.717, 1.165) is 11.1 Å². The number of anilines is 4. The lowest BCUT2D eigenvalue weighted by molar-refractivity contribution is -0.880. The zero-order valence-electron chi connectivity index (χ0n) is 30.1. The van der Waals surface area contributed by atoms with E-state index in [1.54, 1.807) is 42.9 Å². The van der Waals surface area contributed by atoms with E-state index in [2.05, 4.69) is 25.3 Å². The second-order valence-corrected chi connectivity index (χ2v) is 13.6. The molecule has 0 atom stereocenters. The first-order chi connectivity index (χ1) is 25.9. The summed E-state index contributed by atoms with van der Waals surface area (Å²) in [5.74, 6) is 1.70. The Hall–Kier alpha value is -6.26. The van der Waals surface area contributed by atoms with Gasteiger partial charge in [-0.25, -0.2) is 19.7 Å². The van der Waals surface area contributed by atoms with Gasteiger partial charge in [-0.3, -0.25) is 14.6 Å². The third kappa shape index (κ3) is 8.67. The standard InChI is InChI=1S/C37H38ClN10O6/c1-48(2,22-26-10-13-40-34(26)47(51)52)14-6-9-28(49)16-24-7-5-8-25(15-24)20-46-35-27(19-41-36(44-35)43-32-11-12-39-23-42-32)21-45(37(46)50)30-17-29(53-3)18-31(54-4)33(30)38/h5-9,11-13,15,17-19,23H,10,14,16,20-22H2,1-4H3,(H,39,41,42,43,44)/q+1/b9-6+. The first-order valence-electron chi connectivity index (χ1n) is 16.8. The van der Waals surface area contributed by atoms with E-state index in [9.17, 15) is 19.7 Å². The number of nitro groups is 1. The van der Waals surface area contributed by atoms with Crippen LogP contribution in [0.5, 0.6) is 11.5 Å².